The molecule has 0 spiro atoms. The maximum atomic E-state index is 5.52. The monoisotopic (exact) mass is 258 g/mol. The van der Waals surface area contributed by atoms with Gasteiger partial charge in [-0.15, -0.1) is 0 Å². The molecule has 0 bridgehead atoms. The van der Waals surface area contributed by atoms with Gasteiger partial charge in [0.1, 0.15) is 0 Å². The second-order valence-corrected chi connectivity index (χ2v) is 5.05. The van der Waals surface area contributed by atoms with Gasteiger partial charge >= 0.3 is 0 Å². The van der Waals surface area contributed by atoms with Crippen molar-refractivity contribution in [2.45, 2.75) is 18.9 Å². The van der Waals surface area contributed by atoms with Gasteiger partial charge in [-0.3, -0.25) is 0 Å². The third-order valence-electron chi connectivity index (χ3n) is 3.68. The van der Waals surface area contributed by atoms with Crippen molar-refractivity contribution in [3.63, 3.8) is 0 Å². The van der Waals surface area contributed by atoms with Crippen LogP contribution in [0.2, 0.25) is 0 Å². The van der Waals surface area contributed by atoms with Gasteiger partial charge in [0.05, 0.1) is 6.54 Å². The van der Waals surface area contributed by atoms with Crippen molar-refractivity contribution in [3.8, 4) is 11.4 Å². The van der Waals surface area contributed by atoms with Gasteiger partial charge < -0.3 is 15.2 Å². The molecule has 2 N–H and O–H groups in total. The smallest absolute Gasteiger partial charge is 0.240 e. The quantitative estimate of drug-likeness (QED) is 0.906. The molecule has 2 heterocycles. The molecule has 5 heteroatoms. The average molecular weight is 258 g/mol. The molecule has 1 aromatic carbocycles. The van der Waals surface area contributed by atoms with Crippen LogP contribution in [0.25, 0.3) is 11.4 Å². The van der Waals surface area contributed by atoms with E-state index in [1.807, 2.05) is 6.07 Å². The third kappa shape index (κ3) is 2.39. The van der Waals surface area contributed by atoms with Crippen molar-refractivity contribution in [1.29, 1.82) is 0 Å². The number of hydrogen-bond acceptors (Lipinski definition) is 5. The summed E-state index contributed by atoms with van der Waals surface area (Å²) in [5, 5.41) is 4.03. The Morgan fingerprint density at radius 3 is 2.95 bits per heavy atom. The highest BCUT2D eigenvalue weighted by atomic mass is 16.5. The Bertz CT molecular complexity index is 566. The van der Waals surface area contributed by atoms with E-state index < -0.39 is 0 Å². The van der Waals surface area contributed by atoms with Crippen LogP contribution in [-0.2, 0) is 6.54 Å². The van der Waals surface area contributed by atoms with Gasteiger partial charge in [-0.1, -0.05) is 29.4 Å². The van der Waals surface area contributed by atoms with Crippen molar-refractivity contribution in [2.24, 2.45) is 5.73 Å². The maximum Gasteiger partial charge on any atom is 0.240 e. The molecular weight excluding hydrogens is 240 g/mol. The fraction of sp³-hybridized carbons (Fsp3) is 0.429. The predicted octanol–water partition coefficient (Wildman–Crippen LogP) is 1.61. The first kappa shape index (κ1) is 12.3. The molecule has 0 aliphatic carbocycles. The molecule has 1 unspecified atom stereocenters. The van der Waals surface area contributed by atoms with E-state index in [1.54, 1.807) is 0 Å². The number of hydrogen-bond donors (Lipinski definition) is 1. The van der Waals surface area contributed by atoms with E-state index in [4.69, 9.17) is 10.3 Å². The van der Waals surface area contributed by atoms with Crippen molar-refractivity contribution in [3.05, 3.63) is 35.7 Å². The SMILES string of the molecule is CN1CCC(c2ccccc2-c2noc(CN)n2)C1. The average Bonchev–Trinajstić information content (AvgIpc) is 3.07. The van der Waals surface area contributed by atoms with Crippen LogP contribution in [0.4, 0.5) is 0 Å². The van der Waals surface area contributed by atoms with Gasteiger partial charge in [-0.05, 0) is 31.5 Å². The number of rotatable bonds is 3. The summed E-state index contributed by atoms with van der Waals surface area (Å²) >= 11 is 0. The molecule has 1 aliphatic rings. The minimum Gasteiger partial charge on any atom is -0.338 e. The van der Waals surface area contributed by atoms with Crippen LogP contribution in [0.5, 0.6) is 0 Å². The summed E-state index contributed by atoms with van der Waals surface area (Å²) in [6.45, 7) is 2.50. The zero-order valence-electron chi connectivity index (χ0n) is 11.0. The van der Waals surface area contributed by atoms with Gasteiger partial charge in [-0.25, -0.2) is 0 Å². The molecule has 19 heavy (non-hydrogen) atoms. The maximum absolute atomic E-state index is 5.52. The lowest BCUT2D eigenvalue weighted by Gasteiger charge is -2.13. The zero-order chi connectivity index (χ0) is 13.2. The van der Waals surface area contributed by atoms with Gasteiger partial charge in [0, 0.05) is 12.1 Å². The van der Waals surface area contributed by atoms with Crippen molar-refractivity contribution in [1.82, 2.24) is 15.0 Å². The Balaban J connectivity index is 1.97. The second kappa shape index (κ2) is 5.11. The highest BCUT2D eigenvalue weighted by Gasteiger charge is 2.24. The van der Waals surface area contributed by atoms with Crippen LogP contribution in [0.3, 0.4) is 0 Å². The Morgan fingerprint density at radius 1 is 1.42 bits per heavy atom. The summed E-state index contributed by atoms with van der Waals surface area (Å²) in [5.74, 6) is 1.67. The van der Waals surface area contributed by atoms with E-state index >= 15 is 0 Å². The molecule has 1 atom stereocenters. The lowest BCUT2D eigenvalue weighted by atomic mass is 9.93. The number of nitrogens with two attached hydrogens (primary N) is 1. The van der Waals surface area contributed by atoms with E-state index in [0.29, 0.717) is 17.6 Å². The van der Waals surface area contributed by atoms with Crippen LogP contribution >= 0.6 is 0 Å². The van der Waals surface area contributed by atoms with Crippen LogP contribution in [0.15, 0.2) is 28.8 Å². The molecule has 2 aromatic rings. The molecular formula is C14H18N4O. The number of benzene rings is 1. The fourth-order valence-corrected chi connectivity index (χ4v) is 2.69. The Kier molecular flexibility index (Phi) is 3.31. The summed E-state index contributed by atoms with van der Waals surface area (Å²) < 4.78 is 5.11. The van der Waals surface area contributed by atoms with Crippen molar-refractivity contribution in [2.75, 3.05) is 20.1 Å². The van der Waals surface area contributed by atoms with Crippen molar-refractivity contribution < 1.29 is 4.52 Å². The molecule has 1 fully saturated rings. The minimum absolute atomic E-state index is 0.279. The lowest BCUT2D eigenvalue weighted by molar-refractivity contribution is 0.380. The van der Waals surface area contributed by atoms with Gasteiger partial charge in [-0.2, -0.15) is 4.98 Å². The molecule has 0 saturated carbocycles. The first-order valence-corrected chi connectivity index (χ1v) is 6.58. The topological polar surface area (TPSA) is 68.2 Å². The fourth-order valence-electron chi connectivity index (χ4n) is 2.69. The van der Waals surface area contributed by atoms with E-state index in [1.165, 1.54) is 12.0 Å². The number of nitrogens with zero attached hydrogens (tertiary/aromatic N) is 3. The van der Waals surface area contributed by atoms with Gasteiger partial charge in [0.25, 0.3) is 0 Å². The highest BCUT2D eigenvalue weighted by Crippen LogP contribution is 2.32. The van der Waals surface area contributed by atoms with E-state index in [0.717, 1.165) is 18.7 Å². The van der Waals surface area contributed by atoms with Gasteiger partial charge in [0.15, 0.2) is 0 Å². The normalized spacial score (nSPS) is 20.0. The standard InChI is InChI=1S/C14H18N4O/c1-18-7-6-10(9-18)11-4-2-3-5-12(11)14-16-13(8-15)19-17-14/h2-5,10H,6-9,15H2,1H3. The molecule has 3 rings (SSSR count). The molecule has 0 amide bonds. The van der Waals surface area contributed by atoms with Crippen LogP contribution < -0.4 is 5.73 Å². The largest absolute Gasteiger partial charge is 0.338 e. The van der Waals surface area contributed by atoms with Crippen LogP contribution in [-0.4, -0.2) is 35.2 Å². The van der Waals surface area contributed by atoms with E-state index in [-0.39, 0.29) is 6.54 Å². The zero-order valence-corrected chi connectivity index (χ0v) is 11.0. The first-order valence-electron chi connectivity index (χ1n) is 6.58. The van der Waals surface area contributed by atoms with Crippen molar-refractivity contribution >= 4 is 0 Å². The summed E-state index contributed by atoms with van der Waals surface area (Å²) in [5.41, 5.74) is 7.88. The Hall–Kier alpha value is -1.72. The third-order valence-corrected chi connectivity index (χ3v) is 3.68. The molecule has 1 aromatic heterocycles. The molecule has 5 nitrogen and oxygen atoms in total. The first-order chi connectivity index (χ1) is 9.28. The minimum atomic E-state index is 0.279. The molecule has 1 aliphatic heterocycles. The summed E-state index contributed by atoms with van der Waals surface area (Å²) in [4.78, 5) is 6.68. The molecule has 1 saturated heterocycles. The lowest BCUT2D eigenvalue weighted by Crippen LogP contribution is -2.13. The summed E-state index contributed by atoms with van der Waals surface area (Å²) in [6.07, 6.45) is 1.18. The number of likely N-dealkylation sites (tertiary alicyclic amines) is 1. The molecule has 100 valence electrons. The van der Waals surface area contributed by atoms with Crippen LogP contribution in [0, 0.1) is 0 Å². The summed E-state index contributed by atoms with van der Waals surface area (Å²) in [6, 6.07) is 8.30. The van der Waals surface area contributed by atoms with Gasteiger partial charge in [0.2, 0.25) is 11.7 Å². The van der Waals surface area contributed by atoms with E-state index in [2.05, 4.69) is 40.3 Å². The van der Waals surface area contributed by atoms with E-state index in [9.17, 15) is 0 Å². The second-order valence-electron chi connectivity index (χ2n) is 5.05. The number of aromatic nitrogens is 2. The highest BCUT2D eigenvalue weighted by molar-refractivity contribution is 5.61. The molecule has 0 radical (unpaired) electrons. The predicted molar refractivity (Wildman–Crippen MR) is 72.5 cm³/mol. The Labute approximate surface area is 112 Å². The Morgan fingerprint density at radius 2 is 2.26 bits per heavy atom. The number of likely N-dealkylation sites (N-methyl/N-ethyl adjacent to an activating group) is 1. The summed E-state index contributed by atoms with van der Waals surface area (Å²) in [7, 11) is 2.16. The van der Waals surface area contributed by atoms with Crippen LogP contribution in [0.1, 0.15) is 23.8 Å².